The molecule has 1 heterocycles. The lowest BCUT2D eigenvalue weighted by Gasteiger charge is -2.23. The van der Waals surface area contributed by atoms with Gasteiger partial charge in [0.15, 0.2) is 0 Å². The summed E-state index contributed by atoms with van der Waals surface area (Å²) < 4.78 is 18.3. The van der Waals surface area contributed by atoms with Crippen LogP contribution >= 0.6 is 24.8 Å². The molecule has 0 amide bonds. The summed E-state index contributed by atoms with van der Waals surface area (Å²) in [5.74, 6) is 0.528. The van der Waals surface area contributed by atoms with E-state index in [-0.39, 0.29) is 30.6 Å². The molecule has 0 atom stereocenters. The van der Waals surface area contributed by atoms with Gasteiger partial charge in [0, 0.05) is 6.04 Å². The van der Waals surface area contributed by atoms with Crippen molar-refractivity contribution in [3.8, 4) is 5.75 Å². The maximum absolute atomic E-state index is 12.7. The predicted octanol–water partition coefficient (Wildman–Crippen LogP) is 3.56. The zero-order valence-electron chi connectivity index (χ0n) is 12.9. The number of hydrogen-bond donors (Lipinski definition) is 2. The van der Waals surface area contributed by atoms with Crippen molar-refractivity contribution in [2.45, 2.75) is 38.1 Å². The predicted molar refractivity (Wildman–Crippen MR) is 94.1 cm³/mol. The molecule has 1 saturated heterocycles. The van der Waals surface area contributed by atoms with E-state index in [1.165, 1.54) is 37.8 Å². The van der Waals surface area contributed by atoms with Gasteiger partial charge >= 0.3 is 0 Å². The number of piperidine rings is 1. The fraction of sp³-hybridized carbons (Fsp3) is 0.625. The fourth-order valence-corrected chi connectivity index (χ4v) is 2.46. The SMILES string of the molecule is Cl.Cl.Fc1ccc(OCCCCCNC2CCNCC2)cc1. The molecule has 2 N–H and O–H groups in total. The first kappa shape index (κ1) is 21.4. The number of ether oxygens (including phenoxy) is 1. The van der Waals surface area contributed by atoms with Crippen molar-refractivity contribution in [1.29, 1.82) is 0 Å². The van der Waals surface area contributed by atoms with E-state index >= 15 is 0 Å². The van der Waals surface area contributed by atoms with E-state index in [1.54, 1.807) is 12.1 Å². The summed E-state index contributed by atoms with van der Waals surface area (Å²) in [5.41, 5.74) is 0. The lowest BCUT2D eigenvalue weighted by Crippen LogP contribution is -2.40. The molecule has 22 heavy (non-hydrogen) atoms. The van der Waals surface area contributed by atoms with Crippen molar-refractivity contribution in [3.05, 3.63) is 30.1 Å². The molecule has 0 saturated carbocycles. The van der Waals surface area contributed by atoms with Crippen LogP contribution in [0.1, 0.15) is 32.1 Å². The van der Waals surface area contributed by atoms with Crippen LogP contribution in [0.2, 0.25) is 0 Å². The molecule has 1 fully saturated rings. The lowest BCUT2D eigenvalue weighted by atomic mass is 10.1. The van der Waals surface area contributed by atoms with Crippen LogP contribution < -0.4 is 15.4 Å². The Bertz CT molecular complexity index is 373. The molecule has 0 spiro atoms. The number of nitrogens with one attached hydrogen (secondary N) is 2. The third-order valence-corrected chi connectivity index (χ3v) is 3.68. The number of rotatable bonds is 8. The second-order valence-corrected chi connectivity index (χ2v) is 5.34. The maximum atomic E-state index is 12.7. The molecule has 1 aliphatic heterocycles. The van der Waals surface area contributed by atoms with Crippen LogP contribution in [0.3, 0.4) is 0 Å². The lowest BCUT2D eigenvalue weighted by molar-refractivity contribution is 0.303. The molecule has 0 unspecified atom stereocenters. The Labute approximate surface area is 145 Å². The number of unbranched alkanes of at least 4 members (excludes halogenated alkanes) is 2. The Hall–Kier alpha value is -0.550. The van der Waals surface area contributed by atoms with Gasteiger partial charge in [-0.2, -0.15) is 0 Å². The molecule has 0 radical (unpaired) electrons. The van der Waals surface area contributed by atoms with Gasteiger partial charge in [0.1, 0.15) is 11.6 Å². The Kier molecular flexibility index (Phi) is 12.6. The molecular formula is C16H27Cl2FN2O. The molecule has 128 valence electrons. The van der Waals surface area contributed by atoms with E-state index in [0.717, 1.165) is 31.8 Å². The van der Waals surface area contributed by atoms with Gasteiger partial charge in [0.25, 0.3) is 0 Å². The third kappa shape index (κ3) is 8.79. The highest BCUT2D eigenvalue weighted by Gasteiger charge is 2.10. The molecular weight excluding hydrogens is 326 g/mol. The molecule has 0 bridgehead atoms. The minimum absolute atomic E-state index is 0. The highest BCUT2D eigenvalue weighted by molar-refractivity contribution is 5.85. The monoisotopic (exact) mass is 352 g/mol. The zero-order valence-corrected chi connectivity index (χ0v) is 14.5. The summed E-state index contributed by atoms with van der Waals surface area (Å²) in [6, 6.07) is 6.91. The van der Waals surface area contributed by atoms with Crippen molar-refractivity contribution < 1.29 is 9.13 Å². The standard InChI is InChI=1S/C16H25FN2O.2ClH/c17-14-4-6-16(7-5-14)20-13-3-1-2-10-19-15-8-11-18-12-9-15;;/h4-7,15,18-19H,1-3,8-13H2;2*1H. The molecule has 2 rings (SSSR count). The van der Waals surface area contributed by atoms with Crippen molar-refractivity contribution in [3.63, 3.8) is 0 Å². The molecule has 0 aliphatic carbocycles. The first-order valence-corrected chi connectivity index (χ1v) is 7.67. The van der Waals surface area contributed by atoms with Crippen LogP contribution in [-0.2, 0) is 0 Å². The third-order valence-electron chi connectivity index (χ3n) is 3.68. The Morgan fingerprint density at radius 3 is 2.41 bits per heavy atom. The van der Waals surface area contributed by atoms with Crippen molar-refractivity contribution in [2.75, 3.05) is 26.2 Å². The summed E-state index contributed by atoms with van der Waals surface area (Å²) >= 11 is 0. The summed E-state index contributed by atoms with van der Waals surface area (Å²) in [6.07, 6.45) is 5.89. The Balaban J connectivity index is 0.00000220. The van der Waals surface area contributed by atoms with Gasteiger partial charge in [-0.15, -0.1) is 24.8 Å². The number of benzene rings is 1. The van der Waals surface area contributed by atoms with Gasteiger partial charge in [-0.05, 0) is 76.0 Å². The van der Waals surface area contributed by atoms with Gasteiger partial charge in [0.2, 0.25) is 0 Å². The minimum Gasteiger partial charge on any atom is -0.494 e. The summed E-state index contributed by atoms with van der Waals surface area (Å²) in [7, 11) is 0. The average Bonchev–Trinajstić information content (AvgIpc) is 2.49. The second-order valence-electron chi connectivity index (χ2n) is 5.34. The smallest absolute Gasteiger partial charge is 0.123 e. The highest BCUT2D eigenvalue weighted by atomic mass is 35.5. The van der Waals surface area contributed by atoms with E-state index in [4.69, 9.17) is 4.74 Å². The topological polar surface area (TPSA) is 33.3 Å². The zero-order chi connectivity index (χ0) is 14.0. The van der Waals surface area contributed by atoms with Crippen LogP contribution in [0.25, 0.3) is 0 Å². The van der Waals surface area contributed by atoms with Gasteiger partial charge < -0.3 is 15.4 Å². The van der Waals surface area contributed by atoms with Gasteiger partial charge in [-0.3, -0.25) is 0 Å². The summed E-state index contributed by atoms with van der Waals surface area (Å²) in [5, 5.41) is 6.99. The summed E-state index contributed by atoms with van der Waals surface area (Å²) in [4.78, 5) is 0. The molecule has 1 aromatic carbocycles. The molecule has 0 aromatic heterocycles. The first-order chi connectivity index (χ1) is 9.84. The molecule has 6 heteroatoms. The largest absolute Gasteiger partial charge is 0.494 e. The van der Waals surface area contributed by atoms with Crippen LogP contribution in [0.5, 0.6) is 5.75 Å². The average molecular weight is 353 g/mol. The fourth-order valence-electron chi connectivity index (χ4n) is 2.46. The van der Waals surface area contributed by atoms with E-state index in [9.17, 15) is 4.39 Å². The Morgan fingerprint density at radius 2 is 1.73 bits per heavy atom. The van der Waals surface area contributed by atoms with Crippen LogP contribution in [0, 0.1) is 5.82 Å². The first-order valence-electron chi connectivity index (χ1n) is 7.67. The van der Waals surface area contributed by atoms with E-state index in [1.807, 2.05) is 0 Å². The van der Waals surface area contributed by atoms with Gasteiger partial charge in [-0.25, -0.2) is 4.39 Å². The van der Waals surface area contributed by atoms with Gasteiger partial charge in [-0.1, -0.05) is 0 Å². The summed E-state index contributed by atoms with van der Waals surface area (Å²) in [6.45, 7) is 4.09. The van der Waals surface area contributed by atoms with Crippen molar-refractivity contribution >= 4 is 24.8 Å². The van der Waals surface area contributed by atoms with Crippen LogP contribution in [0.15, 0.2) is 24.3 Å². The quantitative estimate of drug-likeness (QED) is 0.701. The Morgan fingerprint density at radius 1 is 1.05 bits per heavy atom. The van der Waals surface area contributed by atoms with Crippen LogP contribution in [0.4, 0.5) is 4.39 Å². The number of hydrogen-bond acceptors (Lipinski definition) is 3. The second kappa shape index (κ2) is 12.9. The molecule has 3 nitrogen and oxygen atoms in total. The number of halogens is 3. The minimum atomic E-state index is -0.221. The normalized spacial score (nSPS) is 14.8. The maximum Gasteiger partial charge on any atom is 0.123 e. The van der Waals surface area contributed by atoms with E-state index < -0.39 is 0 Å². The molecule has 1 aliphatic rings. The van der Waals surface area contributed by atoms with E-state index in [0.29, 0.717) is 12.6 Å². The van der Waals surface area contributed by atoms with E-state index in [2.05, 4.69) is 10.6 Å². The van der Waals surface area contributed by atoms with Crippen molar-refractivity contribution in [2.24, 2.45) is 0 Å². The van der Waals surface area contributed by atoms with Crippen molar-refractivity contribution in [1.82, 2.24) is 10.6 Å². The molecule has 1 aromatic rings. The van der Waals surface area contributed by atoms with Crippen LogP contribution in [-0.4, -0.2) is 32.3 Å². The van der Waals surface area contributed by atoms with Gasteiger partial charge in [0.05, 0.1) is 6.61 Å². The highest BCUT2D eigenvalue weighted by Crippen LogP contribution is 2.11.